The molecular weight excluding hydrogens is 480 g/mol. The van der Waals surface area contributed by atoms with Gasteiger partial charge in [0.25, 0.3) is 0 Å². The lowest BCUT2D eigenvalue weighted by atomic mass is 9.86. The zero-order valence-electron chi connectivity index (χ0n) is 22.7. The molecule has 200 valence electrons. The Hall–Kier alpha value is -3.84. The summed E-state index contributed by atoms with van der Waals surface area (Å²) in [6.07, 6.45) is 0.608. The molecule has 0 bridgehead atoms. The molecule has 0 spiro atoms. The van der Waals surface area contributed by atoms with Crippen LogP contribution in [0, 0.1) is 13.8 Å². The fraction of sp³-hybridized carbons (Fsp3) is 0.355. The van der Waals surface area contributed by atoms with Gasteiger partial charge in [0.1, 0.15) is 5.75 Å². The summed E-state index contributed by atoms with van der Waals surface area (Å²) in [6, 6.07) is 17.1. The van der Waals surface area contributed by atoms with Crippen molar-refractivity contribution in [2.45, 2.75) is 65.7 Å². The fourth-order valence-corrected chi connectivity index (χ4v) is 4.83. The van der Waals surface area contributed by atoms with Crippen molar-refractivity contribution in [1.82, 2.24) is 5.32 Å². The number of carboxylic acid groups (broad SMARTS) is 1. The van der Waals surface area contributed by atoms with Crippen molar-refractivity contribution >= 4 is 17.7 Å². The monoisotopic (exact) mass is 516 g/mol. The van der Waals surface area contributed by atoms with Crippen LogP contribution < -0.4 is 15.4 Å². The number of aliphatic carboxylic acids is 1. The first kappa shape index (κ1) is 27.2. The van der Waals surface area contributed by atoms with Crippen molar-refractivity contribution in [3.8, 4) is 16.9 Å². The quantitative estimate of drug-likeness (QED) is 0.331. The van der Waals surface area contributed by atoms with E-state index in [1.54, 1.807) is 0 Å². The van der Waals surface area contributed by atoms with Crippen LogP contribution in [0.1, 0.15) is 61.1 Å². The van der Waals surface area contributed by atoms with Crippen LogP contribution in [0.5, 0.6) is 5.75 Å². The molecule has 1 aliphatic rings. The number of rotatable bonds is 7. The summed E-state index contributed by atoms with van der Waals surface area (Å²) in [6.45, 7) is 10.3. The Morgan fingerprint density at radius 1 is 1.08 bits per heavy atom. The smallest absolute Gasteiger partial charge is 0.337 e. The van der Waals surface area contributed by atoms with Crippen molar-refractivity contribution in [3.63, 3.8) is 0 Å². The molecule has 1 atom stereocenters. The van der Waals surface area contributed by atoms with Crippen molar-refractivity contribution in [2.24, 2.45) is 0 Å². The zero-order chi connectivity index (χ0) is 27.4. The Morgan fingerprint density at radius 3 is 2.50 bits per heavy atom. The Morgan fingerprint density at radius 2 is 1.82 bits per heavy atom. The summed E-state index contributed by atoms with van der Waals surface area (Å²) in [5.74, 6) is -0.222. The van der Waals surface area contributed by atoms with E-state index in [0.717, 1.165) is 46.4 Å². The summed E-state index contributed by atoms with van der Waals surface area (Å²) in [5, 5.41) is 16.1. The number of benzene rings is 3. The largest absolute Gasteiger partial charge is 0.493 e. The van der Waals surface area contributed by atoms with Gasteiger partial charge in [-0.2, -0.15) is 0 Å². The van der Waals surface area contributed by atoms with E-state index in [0.29, 0.717) is 30.0 Å². The minimum absolute atomic E-state index is 0.371. The van der Waals surface area contributed by atoms with Gasteiger partial charge in [-0.15, -0.1) is 0 Å². The lowest BCUT2D eigenvalue weighted by Gasteiger charge is -2.30. The average molecular weight is 517 g/mol. The maximum Gasteiger partial charge on any atom is 0.337 e. The normalized spacial score (nSPS) is 13.7. The second-order valence-electron chi connectivity index (χ2n) is 10.7. The Bertz CT molecular complexity index is 1330. The number of carboxylic acids is 1. The first-order valence-corrected chi connectivity index (χ1v) is 12.9. The molecule has 0 saturated carbocycles. The van der Waals surface area contributed by atoms with Gasteiger partial charge in [-0.1, -0.05) is 36.4 Å². The predicted octanol–water partition coefficient (Wildman–Crippen LogP) is 6.56. The Labute approximate surface area is 224 Å². The maximum absolute atomic E-state index is 12.8. The number of carbonyl (C=O) groups excluding carboxylic acids is 1. The van der Waals surface area contributed by atoms with Crippen LogP contribution in [0.3, 0.4) is 0 Å². The summed E-state index contributed by atoms with van der Waals surface area (Å²) < 4.78 is 11.9. The number of urea groups is 1. The highest BCUT2D eigenvalue weighted by molar-refractivity contribution is 5.93. The summed E-state index contributed by atoms with van der Waals surface area (Å²) in [7, 11) is 0. The number of fused-ring (bicyclic) bond motifs is 1. The predicted molar refractivity (Wildman–Crippen MR) is 149 cm³/mol. The lowest BCUT2D eigenvalue weighted by molar-refractivity contribution is -0.160. The molecular formula is C31H36N2O5. The van der Waals surface area contributed by atoms with E-state index in [9.17, 15) is 14.7 Å². The topological polar surface area (TPSA) is 96.9 Å². The molecule has 0 saturated heterocycles. The van der Waals surface area contributed by atoms with E-state index in [1.807, 2.05) is 83.1 Å². The summed E-state index contributed by atoms with van der Waals surface area (Å²) in [5.41, 5.74) is 5.61. The molecule has 3 aromatic carbocycles. The molecule has 1 heterocycles. The highest BCUT2D eigenvalue weighted by Crippen LogP contribution is 2.42. The van der Waals surface area contributed by atoms with Gasteiger partial charge < -0.3 is 25.2 Å². The highest BCUT2D eigenvalue weighted by Gasteiger charge is 2.32. The van der Waals surface area contributed by atoms with Gasteiger partial charge in [-0.3, -0.25) is 0 Å². The number of hydrogen-bond acceptors (Lipinski definition) is 4. The van der Waals surface area contributed by atoms with E-state index in [4.69, 9.17) is 9.47 Å². The third kappa shape index (κ3) is 6.34. The van der Waals surface area contributed by atoms with Crippen molar-refractivity contribution in [1.29, 1.82) is 0 Å². The van der Waals surface area contributed by atoms with Crippen molar-refractivity contribution in [3.05, 3.63) is 82.4 Å². The molecule has 3 aromatic rings. The van der Waals surface area contributed by atoms with E-state index >= 15 is 0 Å². The molecule has 7 heteroatoms. The molecule has 1 aliphatic heterocycles. The second-order valence-corrected chi connectivity index (χ2v) is 10.7. The van der Waals surface area contributed by atoms with Crippen LogP contribution in [0.25, 0.3) is 11.1 Å². The molecule has 0 radical (unpaired) electrons. The van der Waals surface area contributed by atoms with Gasteiger partial charge >= 0.3 is 12.0 Å². The molecule has 2 amide bonds. The number of carbonyl (C=O) groups is 2. The van der Waals surface area contributed by atoms with E-state index in [1.165, 1.54) is 0 Å². The number of aryl methyl sites for hydroxylation is 2. The van der Waals surface area contributed by atoms with E-state index in [-0.39, 0.29) is 6.03 Å². The van der Waals surface area contributed by atoms with Crippen LogP contribution in [-0.4, -0.2) is 29.3 Å². The third-order valence-corrected chi connectivity index (χ3v) is 6.53. The number of nitrogens with one attached hydrogen (secondary N) is 2. The molecule has 0 aromatic heterocycles. The van der Waals surface area contributed by atoms with E-state index < -0.39 is 17.7 Å². The SMILES string of the molecule is Cc1cc(NC(=O)NCc2ccccc2)c(C)c(C(OC(C)(C)C)C(=O)O)c1-c1ccc2c(c1)CCCO2. The van der Waals surface area contributed by atoms with Gasteiger partial charge in [0, 0.05) is 17.8 Å². The number of anilines is 1. The number of ether oxygens (including phenoxy) is 2. The first-order valence-electron chi connectivity index (χ1n) is 12.9. The van der Waals surface area contributed by atoms with Crippen LogP contribution in [-0.2, 0) is 22.5 Å². The summed E-state index contributed by atoms with van der Waals surface area (Å²) >= 11 is 0. The second kappa shape index (κ2) is 11.3. The van der Waals surface area contributed by atoms with Gasteiger partial charge in [-0.25, -0.2) is 9.59 Å². The maximum atomic E-state index is 12.8. The van der Waals surface area contributed by atoms with Crippen molar-refractivity contribution in [2.75, 3.05) is 11.9 Å². The third-order valence-electron chi connectivity index (χ3n) is 6.53. The Balaban J connectivity index is 1.77. The first-order chi connectivity index (χ1) is 18.0. The molecule has 4 rings (SSSR count). The molecule has 3 N–H and O–H groups in total. The number of hydrogen-bond donors (Lipinski definition) is 3. The van der Waals surface area contributed by atoms with Crippen molar-refractivity contribution < 1.29 is 24.2 Å². The van der Waals surface area contributed by atoms with Crippen LogP contribution >= 0.6 is 0 Å². The van der Waals surface area contributed by atoms with Gasteiger partial charge in [0.2, 0.25) is 0 Å². The number of amides is 2. The minimum atomic E-state index is -1.23. The van der Waals surface area contributed by atoms with Gasteiger partial charge in [-0.05, 0) is 99.0 Å². The Kier molecular flexibility index (Phi) is 8.07. The van der Waals surface area contributed by atoms with Crippen LogP contribution in [0.2, 0.25) is 0 Å². The fourth-order valence-electron chi connectivity index (χ4n) is 4.83. The zero-order valence-corrected chi connectivity index (χ0v) is 22.7. The summed E-state index contributed by atoms with van der Waals surface area (Å²) in [4.78, 5) is 25.4. The molecule has 0 aliphatic carbocycles. The van der Waals surface area contributed by atoms with Gasteiger partial charge in [0.05, 0.1) is 12.2 Å². The standard InChI is InChI=1S/C31H36N2O5/c1-19-16-24(33-30(36)32-18-21-10-7-6-8-11-21)20(2)27(28(29(34)35)38-31(3,4)5)26(19)23-13-14-25-22(17-23)12-9-15-37-25/h6-8,10-11,13-14,16-17,28H,9,12,15,18H2,1-5H3,(H,34,35)(H2,32,33,36). The minimum Gasteiger partial charge on any atom is -0.493 e. The lowest BCUT2D eigenvalue weighted by Crippen LogP contribution is -2.30. The molecule has 0 fully saturated rings. The average Bonchev–Trinajstić information content (AvgIpc) is 2.87. The van der Waals surface area contributed by atoms with Gasteiger partial charge in [0.15, 0.2) is 6.10 Å². The molecule has 7 nitrogen and oxygen atoms in total. The molecule has 1 unspecified atom stereocenters. The highest BCUT2D eigenvalue weighted by atomic mass is 16.5. The molecule has 38 heavy (non-hydrogen) atoms. The van der Waals surface area contributed by atoms with Crippen LogP contribution in [0.4, 0.5) is 10.5 Å². The van der Waals surface area contributed by atoms with E-state index in [2.05, 4.69) is 16.7 Å². The van der Waals surface area contributed by atoms with Crippen LogP contribution in [0.15, 0.2) is 54.6 Å².